The third-order valence-corrected chi connectivity index (χ3v) is 2.86. The number of hydrogen-bond acceptors (Lipinski definition) is 2. The van der Waals surface area contributed by atoms with Gasteiger partial charge in [-0.1, -0.05) is 12.1 Å². The second kappa shape index (κ2) is 4.08. The second-order valence-electron chi connectivity index (χ2n) is 4.05. The van der Waals surface area contributed by atoms with Crippen LogP contribution < -0.4 is 4.90 Å². The molecule has 1 heterocycles. The van der Waals surface area contributed by atoms with Crippen molar-refractivity contribution in [1.82, 2.24) is 0 Å². The van der Waals surface area contributed by atoms with Gasteiger partial charge in [-0.3, -0.25) is 9.59 Å². The van der Waals surface area contributed by atoms with E-state index < -0.39 is 0 Å². The zero-order chi connectivity index (χ0) is 11.7. The predicted octanol–water partition coefficient (Wildman–Crippen LogP) is 2.20. The smallest absolute Gasteiger partial charge is 0.227 e. The van der Waals surface area contributed by atoms with Crippen molar-refractivity contribution >= 4 is 17.4 Å². The van der Waals surface area contributed by atoms with Crippen molar-refractivity contribution in [2.45, 2.75) is 19.8 Å². The number of rotatable bonds is 2. The molecule has 3 heteroatoms. The number of hydrogen-bond donors (Lipinski definition) is 0. The Kier molecular flexibility index (Phi) is 2.77. The maximum absolute atomic E-state index is 11.6. The summed E-state index contributed by atoms with van der Waals surface area (Å²) in [6.07, 6.45) is 1.46. The molecular formula is C13H14NO2. The normalized spacial score (nSPS) is 15.6. The maximum Gasteiger partial charge on any atom is 0.227 e. The number of benzene rings is 1. The van der Waals surface area contributed by atoms with Crippen molar-refractivity contribution in [3.63, 3.8) is 0 Å². The molecule has 2 rings (SSSR count). The lowest BCUT2D eigenvalue weighted by atomic mass is 10.1. The number of Topliss-reactive ketones (excluding diaryl/α,β-unsaturated/α-hetero) is 1. The summed E-state index contributed by atoms with van der Waals surface area (Å²) in [5.74, 6) is 0.124. The van der Waals surface area contributed by atoms with Crippen LogP contribution in [0.15, 0.2) is 18.2 Å². The molecule has 0 N–H and O–H groups in total. The van der Waals surface area contributed by atoms with E-state index in [0.717, 1.165) is 24.2 Å². The SMILES string of the molecule is [CH2]c1ccc(C(C)=O)cc1N1CCCC1=O. The summed E-state index contributed by atoms with van der Waals surface area (Å²) in [5.41, 5.74) is 2.19. The van der Waals surface area contributed by atoms with Gasteiger partial charge in [-0.15, -0.1) is 0 Å². The van der Waals surface area contributed by atoms with Gasteiger partial charge < -0.3 is 4.90 Å². The van der Waals surface area contributed by atoms with E-state index in [1.165, 1.54) is 6.92 Å². The summed E-state index contributed by atoms with van der Waals surface area (Å²) in [4.78, 5) is 24.6. The van der Waals surface area contributed by atoms with Crippen LogP contribution in [-0.4, -0.2) is 18.2 Å². The Morgan fingerprint density at radius 3 is 2.75 bits per heavy atom. The predicted molar refractivity (Wildman–Crippen MR) is 62.5 cm³/mol. The summed E-state index contributed by atoms with van der Waals surface area (Å²) in [7, 11) is 0. The average molecular weight is 216 g/mol. The van der Waals surface area contributed by atoms with Gasteiger partial charge in [0.15, 0.2) is 5.78 Å². The topological polar surface area (TPSA) is 37.4 Å². The van der Waals surface area contributed by atoms with Crippen LogP contribution in [0.25, 0.3) is 0 Å². The first kappa shape index (κ1) is 10.9. The van der Waals surface area contributed by atoms with Crippen molar-refractivity contribution in [3.05, 3.63) is 36.2 Å². The van der Waals surface area contributed by atoms with Crippen LogP contribution in [0.4, 0.5) is 5.69 Å². The fourth-order valence-corrected chi connectivity index (χ4v) is 1.94. The summed E-state index contributed by atoms with van der Waals surface area (Å²) in [6.45, 7) is 6.14. The molecule has 1 aromatic carbocycles. The number of amides is 1. The van der Waals surface area contributed by atoms with Crippen molar-refractivity contribution in [2.24, 2.45) is 0 Å². The fraction of sp³-hybridized carbons (Fsp3) is 0.308. The third kappa shape index (κ3) is 1.85. The first-order chi connectivity index (χ1) is 7.59. The highest BCUT2D eigenvalue weighted by Gasteiger charge is 2.23. The quantitative estimate of drug-likeness (QED) is 0.711. The average Bonchev–Trinajstić information content (AvgIpc) is 2.65. The molecule has 1 radical (unpaired) electrons. The van der Waals surface area contributed by atoms with Gasteiger partial charge in [0.2, 0.25) is 5.91 Å². The van der Waals surface area contributed by atoms with Crippen molar-refractivity contribution in [1.29, 1.82) is 0 Å². The summed E-state index contributed by atoms with van der Waals surface area (Å²) < 4.78 is 0. The summed E-state index contributed by atoms with van der Waals surface area (Å²) >= 11 is 0. The van der Waals surface area contributed by atoms with Crippen LogP contribution in [0.2, 0.25) is 0 Å². The van der Waals surface area contributed by atoms with E-state index in [4.69, 9.17) is 0 Å². The van der Waals surface area contributed by atoms with Gasteiger partial charge in [-0.25, -0.2) is 0 Å². The standard InChI is InChI=1S/C13H14NO2/c1-9-5-6-11(10(2)15)8-12(9)14-7-3-4-13(14)16/h5-6,8H,1,3-4,7H2,2H3. The number of anilines is 1. The van der Waals surface area contributed by atoms with Gasteiger partial charge in [0.1, 0.15) is 0 Å². The first-order valence-electron chi connectivity index (χ1n) is 5.37. The van der Waals surface area contributed by atoms with Gasteiger partial charge in [-0.2, -0.15) is 0 Å². The minimum Gasteiger partial charge on any atom is -0.312 e. The summed E-state index contributed by atoms with van der Waals surface area (Å²) in [6, 6.07) is 5.29. The Balaban J connectivity index is 2.42. The number of ketones is 1. The fourth-order valence-electron chi connectivity index (χ4n) is 1.94. The van der Waals surface area contributed by atoms with Gasteiger partial charge >= 0.3 is 0 Å². The van der Waals surface area contributed by atoms with Crippen molar-refractivity contribution in [3.8, 4) is 0 Å². The second-order valence-corrected chi connectivity index (χ2v) is 4.05. The maximum atomic E-state index is 11.6. The molecule has 0 atom stereocenters. The molecule has 0 aliphatic carbocycles. The van der Waals surface area contributed by atoms with Crippen LogP contribution >= 0.6 is 0 Å². The molecule has 16 heavy (non-hydrogen) atoms. The lowest BCUT2D eigenvalue weighted by Gasteiger charge is -2.18. The zero-order valence-electron chi connectivity index (χ0n) is 9.32. The van der Waals surface area contributed by atoms with Gasteiger partial charge in [0, 0.05) is 24.2 Å². The van der Waals surface area contributed by atoms with Crippen LogP contribution in [0.3, 0.4) is 0 Å². The molecule has 0 spiro atoms. The van der Waals surface area contributed by atoms with E-state index in [0.29, 0.717) is 12.0 Å². The molecule has 1 fully saturated rings. The number of nitrogens with zero attached hydrogens (tertiary/aromatic N) is 1. The molecule has 0 bridgehead atoms. The van der Waals surface area contributed by atoms with Gasteiger partial charge in [0.05, 0.1) is 0 Å². The van der Waals surface area contributed by atoms with Crippen molar-refractivity contribution in [2.75, 3.05) is 11.4 Å². The minimum absolute atomic E-state index is 0.00731. The minimum atomic E-state index is 0.00731. The molecular weight excluding hydrogens is 202 g/mol. The molecule has 3 nitrogen and oxygen atoms in total. The highest BCUT2D eigenvalue weighted by molar-refractivity contribution is 5.99. The van der Waals surface area contributed by atoms with Crippen LogP contribution in [0.5, 0.6) is 0 Å². The van der Waals surface area contributed by atoms with Crippen LogP contribution in [0, 0.1) is 6.92 Å². The molecule has 1 aliphatic heterocycles. The Hall–Kier alpha value is -1.64. The van der Waals surface area contributed by atoms with E-state index in [9.17, 15) is 9.59 Å². The van der Waals surface area contributed by atoms with E-state index in [-0.39, 0.29) is 11.7 Å². The molecule has 1 saturated heterocycles. The molecule has 1 aliphatic rings. The molecule has 1 amide bonds. The van der Waals surface area contributed by atoms with E-state index in [1.54, 1.807) is 23.1 Å². The number of carbonyl (C=O) groups is 2. The first-order valence-corrected chi connectivity index (χ1v) is 5.37. The number of carbonyl (C=O) groups excluding carboxylic acids is 2. The van der Waals surface area contributed by atoms with Crippen LogP contribution in [-0.2, 0) is 4.79 Å². The highest BCUT2D eigenvalue weighted by Crippen LogP contribution is 2.26. The van der Waals surface area contributed by atoms with Crippen LogP contribution in [0.1, 0.15) is 35.7 Å². The Bertz CT molecular complexity index is 451. The van der Waals surface area contributed by atoms with Gasteiger partial charge in [-0.05, 0) is 31.9 Å². The molecule has 1 aromatic rings. The van der Waals surface area contributed by atoms with E-state index in [1.807, 2.05) is 0 Å². The van der Waals surface area contributed by atoms with E-state index >= 15 is 0 Å². The largest absolute Gasteiger partial charge is 0.312 e. The Labute approximate surface area is 95.1 Å². The van der Waals surface area contributed by atoms with Gasteiger partial charge in [0.25, 0.3) is 0 Å². The lowest BCUT2D eigenvalue weighted by Crippen LogP contribution is -2.24. The zero-order valence-corrected chi connectivity index (χ0v) is 9.32. The Morgan fingerprint density at radius 2 is 2.19 bits per heavy atom. The van der Waals surface area contributed by atoms with E-state index in [2.05, 4.69) is 6.92 Å². The molecule has 0 saturated carbocycles. The molecule has 0 aromatic heterocycles. The Morgan fingerprint density at radius 1 is 1.44 bits per heavy atom. The summed E-state index contributed by atoms with van der Waals surface area (Å²) in [5, 5.41) is 0. The third-order valence-electron chi connectivity index (χ3n) is 2.86. The monoisotopic (exact) mass is 216 g/mol. The highest BCUT2D eigenvalue weighted by atomic mass is 16.2. The van der Waals surface area contributed by atoms with Crippen molar-refractivity contribution < 1.29 is 9.59 Å². The lowest BCUT2D eigenvalue weighted by molar-refractivity contribution is -0.117. The molecule has 83 valence electrons. The molecule has 0 unspecified atom stereocenters.